The van der Waals surface area contributed by atoms with E-state index in [9.17, 15) is 0 Å². The summed E-state index contributed by atoms with van der Waals surface area (Å²) in [7, 11) is 0. The first-order valence-electron chi connectivity index (χ1n) is 6.43. The van der Waals surface area contributed by atoms with Crippen molar-refractivity contribution in [1.82, 2.24) is 5.32 Å². The van der Waals surface area contributed by atoms with Gasteiger partial charge in [0.15, 0.2) is 0 Å². The van der Waals surface area contributed by atoms with Crippen LogP contribution >= 0.6 is 27.3 Å². The van der Waals surface area contributed by atoms with E-state index in [4.69, 9.17) is 4.74 Å². The van der Waals surface area contributed by atoms with E-state index in [2.05, 4.69) is 51.7 Å². The summed E-state index contributed by atoms with van der Waals surface area (Å²) in [5.41, 5.74) is 1.25. The molecule has 0 saturated heterocycles. The average molecular weight is 340 g/mol. The SMILES string of the molecule is CCCOc1cccc(CNCc2cc(Br)cs2)c1. The first-order chi connectivity index (χ1) is 9.28. The van der Waals surface area contributed by atoms with Crippen LogP contribution in [0.1, 0.15) is 23.8 Å². The van der Waals surface area contributed by atoms with Gasteiger partial charge in [-0.05, 0) is 46.1 Å². The Kier molecular flexibility index (Phi) is 5.89. The maximum absolute atomic E-state index is 5.63. The van der Waals surface area contributed by atoms with Gasteiger partial charge < -0.3 is 10.1 Å². The van der Waals surface area contributed by atoms with E-state index >= 15 is 0 Å². The van der Waals surface area contributed by atoms with Gasteiger partial charge in [-0.2, -0.15) is 0 Å². The predicted octanol–water partition coefficient (Wildman–Crippen LogP) is 4.59. The lowest BCUT2D eigenvalue weighted by Gasteiger charge is -2.07. The highest BCUT2D eigenvalue weighted by molar-refractivity contribution is 9.10. The molecule has 2 aromatic rings. The summed E-state index contributed by atoms with van der Waals surface area (Å²) >= 11 is 5.23. The van der Waals surface area contributed by atoms with E-state index in [1.807, 2.05) is 12.1 Å². The third-order valence-corrected chi connectivity index (χ3v) is 4.32. The fourth-order valence-electron chi connectivity index (χ4n) is 1.74. The molecule has 2 nitrogen and oxygen atoms in total. The molecule has 0 spiro atoms. The third kappa shape index (κ3) is 4.97. The Hall–Kier alpha value is -0.840. The molecule has 4 heteroatoms. The van der Waals surface area contributed by atoms with Crippen LogP contribution in [0.5, 0.6) is 5.75 Å². The Balaban J connectivity index is 1.82. The van der Waals surface area contributed by atoms with E-state index in [-0.39, 0.29) is 0 Å². The van der Waals surface area contributed by atoms with Crippen LogP contribution in [0.4, 0.5) is 0 Å². The molecule has 1 N–H and O–H groups in total. The number of hydrogen-bond acceptors (Lipinski definition) is 3. The van der Waals surface area contributed by atoms with Crippen molar-refractivity contribution < 1.29 is 4.74 Å². The maximum Gasteiger partial charge on any atom is 0.119 e. The molecule has 1 aromatic carbocycles. The summed E-state index contributed by atoms with van der Waals surface area (Å²) in [6, 6.07) is 10.4. The number of halogens is 1. The van der Waals surface area contributed by atoms with Crippen LogP contribution in [0, 0.1) is 0 Å². The first kappa shape index (κ1) is 14.6. The Morgan fingerprint density at radius 3 is 2.89 bits per heavy atom. The van der Waals surface area contributed by atoms with Gasteiger partial charge in [-0.15, -0.1) is 11.3 Å². The maximum atomic E-state index is 5.63. The van der Waals surface area contributed by atoms with Gasteiger partial charge in [-0.1, -0.05) is 19.1 Å². The van der Waals surface area contributed by atoms with Crippen LogP contribution in [-0.4, -0.2) is 6.61 Å². The summed E-state index contributed by atoms with van der Waals surface area (Å²) in [5, 5.41) is 5.56. The van der Waals surface area contributed by atoms with Crippen molar-refractivity contribution in [1.29, 1.82) is 0 Å². The molecule has 0 aliphatic carbocycles. The number of ether oxygens (including phenoxy) is 1. The number of benzene rings is 1. The zero-order valence-electron chi connectivity index (χ0n) is 11.0. The van der Waals surface area contributed by atoms with Crippen molar-refractivity contribution >= 4 is 27.3 Å². The molecule has 0 aliphatic heterocycles. The fourth-order valence-corrected chi connectivity index (χ4v) is 3.16. The molecule has 0 bridgehead atoms. The van der Waals surface area contributed by atoms with Gasteiger partial charge in [0.25, 0.3) is 0 Å². The quantitative estimate of drug-likeness (QED) is 0.796. The normalized spacial score (nSPS) is 10.6. The van der Waals surface area contributed by atoms with Crippen LogP contribution in [0.15, 0.2) is 40.2 Å². The van der Waals surface area contributed by atoms with Crippen LogP contribution in [0.3, 0.4) is 0 Å². The summed E-state index contributed by atoms with van der Waals surface area (Å²) in [5.74, 6) is 0.958. The zero-order valence-corrected chi connectivity index (χ0v) is 13.4. The lowest BCUT2D eigenvalue weighted by molar-refractivity contribution is 0.317. The van der Waals surface area contributed by atoms with Crippen molar-refractivity contribution in [2.75, 3.05) is 6.61 Å². The zero-order chi connectivity index (χ0) is 13.5. The van der Waals surface area contributed by atoms with Crippen LogP contribution < -0.4 is 10.1 Å². The molecule has 0 radical (unpaired) electrons. The highest BCUT2D eigenvalue weighted by Crippen LogP contribution is 2.19. The summed E-state index contributed by atoms with van der Waals surface area (Å²) in [6.07, 6.45) is 1.04. The Morgan fingerprint density at radius 1 is 1.26 bits per heavy atom. The second-order valence-electron chi connectivity index (χ2n) is 4.33. The highest BCUT2D eigenvalue weighted by atomic mass is 79.9. The molecule has 19 heavy (non-hydrogen) atoms. The van der Waals surface area contributed by atoms with Gasteiger partial charge in [0.1, 0.15) is 5.75 Å². The van der Waals surface area contributed by atoms with Gasteiger partial charge in [0, 0.05) is 27.8 Å². The smallest absolute Gasteiger partial charge is 0.119 e. The van der Waals surface area contributed by atoms with Crippen molar-refractivity contribution in [2.45, 2.75) is 26.4 Å². The molecule has 0 aliphatic rings. The Bertz CT molecular complexity index is 512. The molecule has 102 valence electrons. The lowest BCUT2D eigenvalue weighted by Crippen LogP contribution is -2.11. The summed E-state index contributed by atoms with van der Waals surface area (Å²) in [6.45, 7) is 4.65. The molecule has 1 aromatic heterocycles. The molecule has 0 amide bonds. The third-order valence-electron chi connectivity index (χ3n) is 2.62. The minimum absolute atomic E-state index is 0.778. The standard InChI is InChI=1S/C15H18BrNOS/c1-2-6-18-14-5-3-4-12(7-14)9-17-10-15-8-13(16)11-19-15/h3-5,7-8,11,17H,2,6,9-10H2,1H3. The predicted molar refractivity (Wildman–Crippen MR) is 84.8 cm³/mol. The van der Waals surface area contributed by atoms with Gasteiger partial charge >= 0.3 is 0 Å². The van der Waals surface area contributed by atoms with Gasteiger partial charge in [0.2, 0.25) is 0 Å². The fraction of sp³-hybridized carbons (Fsp3) is 0.333. The van der Waals surface area contributed by atoms with Gasteiger partial charge in [-0.25, -0.2) is 0 Å². The van der Waals surface area contributed by atoms with E-state index in [1.54, 1.807) is 11.3 Å². The van der Waals surface area contributed by atoms with Crippen molar-refractivity contribution in [3.8, 4) is 5.75 Å². The second kappa shape index (κ2) is 7.68. The monoisotopic (exact) mass is 339 g/mol. The summed E-state index contributed by atoms with van der Waals surface area (Å²) < 4.78 is 6.79. The highest BCUT2D eigenvalue weighted by Gasteiger charge is 1.99. The van der Waals surface area contributed by atoms with Gasteiger partial charge in [-0.3, -0.25) is 0 Å². The molecule has 0 unspecified atom stereocenters. The largest absolute Gasteiger partial charge is 0.494 e. The van der Waals surface area contributed by atoms with E-state index in [1.165, 1.54) is 10.4 Å². The molecule has 1 heterocycles. The minimum atomic E-state index is 0.778. The number of rotatable bonds is 7. The molecule has 0 fully saturated rings. The molecule has 2 rings (SSSR count). The molecular formula is C15H18BrNOS. The van der Waals surface area contributed by atoms with Crippen molar-refractivity contribution in [2.24, 2.45) is 0 Å². The van der Waals surface area contributed by atoms with Gasteiger partial charge in [0.05, 0.1) is 6.61 Å². The van der Waals surface area contributed by atoms with Crippen molar-refractivity contribution in [3.05, 3.63) is 50.6 Å². The van der Waals surface area contributed by atoms with Crippen LogP contribution in [-0.2, 0) is 13.1 Å². The second-order valence-corrected chi connectivity index (χ2v) is 6.24. The molecular weight excluding hydrogens is 322 g/mol. The van der Waals surface area contributed by atoms with Crippen LogP contribution in [0.2, 0.25) is 0 Å². The number of hydrogen-bond donors (Lipinski definition) is 1. The Labute approximate surface area is 126 Å². The topological polar surface area (TPSA) is 21.3 Å². The number of thiophene rings is 1. The minimum Gasteiger partial charge on any atom is -0.494 e. The first-order valence-corrected chi connectivity index (χ1v) is 8.10. The average Bonchev–Trinajstić information content (AvgIpc) is 2.83. The molecule has 0 saturated carbocycles. The molecule has 0 atom stereocenters. The Morgan fingerprint density at radius 2 is 2.16 bits per heavy atom. The van der Waals surface area contributed by atoms with Crippen molar-refractivity contribution in [3.63, 3.8) is 0 Å². The summed E-state index contributed by atoms with van der Waals surface area (Å²) in [4.78, 5) is 1.34. The van der Waals surface area contributed by atoms with E-state index < -0.39 is 0 Å². The number of nitrogens with one attached hydrogen (secondary N) is 1. The lowest BCUT2D eigenvalue weighted by atomic mass is 10.2. The van der Waals surface area contributed by atoms with E-state index in [0.29, 0.717) is 0 Å². The van der Waals surface area contributed by atoms with E-state index in [0.717, 1.165) is 36.3 Å². The van der Waals surface area contributed by atoms with Crippen LogP contribution in [0.25, 0.3) is 0 Å².